The van der Waals surface area contributed by atoms with Crippen molar-refractivity contribution in [3.8, 4) is 0 Å². The summed E-state index contributed by atoms with van der Waals surface area (Å²) in [5, 5.41) is 5.19. The van der Waals surface area contributed by atoms with Gasteiger partial charge in [-0.1, -0.05) is 0 Å². The molecule has 0 radical (unpaired) electrons. The fourth-order valence-corrected chi connectivity index (χ4v) is 4.69. The third-order valence-electron chi connectivity index (χ3n) is 5.73. The molecule has 1 N–H and O–H groups in total. The van der Waals surface area contributed by atoms with Crippen LogP contribution in [0, 0.1) is 5.82 Å². The van der Waals surface area contributed by atoms with Crippen LogP contribution in [-0.2, 0) is 12.6 Å². The van der Waals surface area contributed by atoms with Gasteiger partial charge in [-0.05, 0) is 38.4 Å². The molecular weight excluding hydrogens is 295 g/mol. The maximum absolute atomic E-state index is 14.1. The number of amides is 1. The van der Waals surface area contributed by atoms with Crippen LogP contribution < -0.4 is 5.43 Å². The van der Waals surface area contributed by atoms with Crippen LogP contribution in [0.25, 0.3) is 10.9 Å². The minimum atomic E-state index is -0.391. The summed E-state index contributed by atoms with van der Waals surface area (Å²) in [7, 11) is 1.97. The van der Waals surface area contributed by atoms with Crippen LogP contribution in [0.4, 0.5) is 4.39 Å². The van der Waals surface area contributed by atoms with Gasteiger partial charge in [-0.25, -0.2) is 9.82 Å². The number of nitrogens with one attached hydrogen (secondary N) is 1. The van der Waals surface area contributed by atoms with Crippen LogP contribution >= 0.6 is 0 Å². The topological polar surface area (TPSA) is 49.6 Å². The van der Waals surface area contributed by atoms with Crippen molar-refractivity contribution in [1.29, 1.82) is 0 Å². The Labute approximate surface area is 132 Å². The molecule has 118 valence electrons. The molecule has 6 heteroatoms. The first-order valence-corrected chi connectivity index (χ1v) is 7.95. The van der Waals surface area contributed by atoms with Crippen LogP contribution in [0.5, 0.6) is 0 Å². The fraction of sp³-hybridized carbons (Fsp3) is 0.412. The molecule has 2 aromatic rings. The first-order valence-electron chi connectivity index (χ1n) is 7.95. The molecule has 4 heterocycles. The summed E-state index contributed by atoms with van der Waals surface area (Å²) in [6.45, 7) is 3.99. The van der Waals surface area contributed by atoms with E-state index in [9.17, 15) is 9.18 Å². The van der Waals surface area contributed by atoms with Gasteiger partial charge in [0.25, 0.3) is 5.91 Å². The van der Waals surface area contributed by atoms with Gasteiger partial charge in [0, 0.05) is 30.2 Å². The number of benzene rings is 1. The van der Waals surface area contributed by atoms with Crippen molar-refractivity contribution in [2.45, 2.75) is 25.3 Å². The Hall–Kier alpha value is -2.21. The maximum Gasteiger partial charge on any atom is 0.272 e. The molecule has 3 aliphatic heterocycles. The normalized spacial score (nSPS) is 26.0. The number of hydrogen-bond donors (Lipinski definition) is 1. The number of halogens is 1. The van der Waals surface area contributed by atoms with Gasteiger partial charge in [0.15, 0.2) is 0 Å². The Morgan fingerprint density at radius 1 is 1.39 bits per heavy atom. The Kier molecular flexibility index (Phi) is 2.30. The Bertz CT molecular complexity index is 929. The molecule has 0 bridgehead atoms. The summed E-state index contributed by atoms with van der Waals surface area (Å²) in [6.07, 6.45) is 2.20. The van der Waals surface area contributed by atoms with E-state index in [0.29, 0.717) is 5.56 Å². The number of hydrazone groups is 1. The van der Waals surface area contributed by atoms with E-state index in [1.807, 2.05) is 7.05 Å². The second-order valence-electron chi connectivity index (χ2n) is 6.93. The van der Waals surface area contributed by atoms with Crippen molar-refractivity contribution in [3.05, 3.63) is 34.8 Å². The molecule has 5 rings (SSSR count). The molecule has 1 fully saturated rings. The predicted molar refractivity (Wildman–Crippen MR) is 85.0 cm³/mol. The van der Waals surface area contributed by atoms with Crippen LogP contribution in [0.15, 0.2) is 17.2 Å². The number of aromatic nitrogens is 1. The molecule has 1 amide bonds. The molecule has 1 aromatic carbocycles. The third kappa shape index (κ3) is 1.45. The van der Waals surface area contributed by atoms with Gasteiger partial charge in [0.2, 0.25) is 0 Å². The Morgan fingerprint density at radius 2 is 2.22 bits per heavy atom. The lowest BCUT2D eigenvalue weighted by Gasteiger charge is -2.40. The predicted octanol–water partition coefficient (Wildman–Crippen LogP) is 2.09. The molecule has 0 saturated carbocycles. The zero-order valence-corrected chi connectivity index (χ0v) is 13.1. The summed E-state index contributed by atoms with van der Waals surface area (Å²) in [5.41, 5.74) is 6.71. The molecule has 1 atom stereocenters. The van der Waals surface area contributed by atoms with Crippen molar-refractivity contribution < 1.29 is 9.18 Å². The average molecular weight is 312 g/mol. The zero-order valence-electron chi connectivity index (χ0n) is 13.1. The van der Waals surface area contributed by atoms with Crippen molar-refractivity contribution >= 4 is 22.5 Å². The molecular formula is C17H17FN4O. The lowest BCUT2D eigenvalue weighted by molar-refractivity contribution is 0.0956. The lowest BCUT2D eigenvalue weighted by Crippen LogP contribution is -2.48. The van der Waals surface area contributed by atoms with E-state index in [-0.39, 0.29) is 11.4 Å². The quantitative estimate of drug-likeness (QED) is 0.810. The number of carbonyl (C=O) groups is 1. The molecule has 1 unspecified atom stereocenters. The zero-order chi connectivity index (χ0) is 15.9. The number of hydrogen-bond acceptors (Lipinski definition) is 3. The van der Waals surface area contributed by atoms with Crippen molar-refractivity contribution in [2.75, 3.05) is 13.1 Å². The van der Waals surface area contributed by atoms with Crippen LogP contribution in [0.1, 0.15) is 41.4 Å². The monoisotopic (exact) mass is 312 g/mol. The minimum absolute atomic E-state index is 0.0801. The van der Waals surface area contributed by atoms with Gasteiger partial charge in [0.05, 0.1) is 22.3 Å². The van der Waals surface area contributed by atoms with Gasteiger partial charge >= 0.3 is 0 Å². The molecule has 23 heavy (non-hydrogen) atoms. The third-order valence-corrected chi connectivity index (χ3v) is 5.73. The maximum atomic E-state index is 14.1. The van der Waals surface area contributed by atoms with Crippen LogP contribution in [-0.4, -0.2) is 34.2 Å². The average Bonchev–Trinajstić information content (AvgIpc) is 2.99. The van der Waals surface area contributed by atoms with E-state index >= 15 is 0 Å². The van der Waals surface area contributed by atoms with E-state index in [0.717, 1.165) is 53.8 Å². The van der Waals surface area contributed by atoms with Crippen LogP contribution in [0.3, 0.4) is 0 Å². The number of aryl methyl sites for hydroxylation is 1. The van der Waals surface area contributed by atoms with E-state index in [2.05, 4.69) is 26.9 Å². The van der Waals surface area contributed by atoms with Gasteiger partial charge in [0.1, 0.15) is 5.82 Å². The molecule has 0 aliphatic carbocycles. The smallest absolute Gasteiger partial charge is 0.272 e. The highest BCUT2D eigenvalue weighted by atomic mass is 19.1. The molecule has 1 saturated heterocycles. The van der Waals surface area contributed by atoms with Gasteiger partial charge in [-0.2, -0.15) is 5.10 Å². The summed E-state index contributed by atoms with van der Waals surface area (Å²) in [6, 6.07) is 2.84. The Morgan fingerprint density at radius 3 is 3.04 bits per heavy atom. The number of rotatable bonds is 0. The summed E-state index contributed by atoms with van der Waals surface area (Å²) < 4.78 is 16.1. The summed E-state index contributed by atoms with van der Waals surface area (Å²) >= 11 is 0. The molecule has 1 aromatic heterocycles. The van der Waals surface area contributed by atoms with Gasteiger partial charge in [-0.15, -0.1) is 0 Å². The largest absolute Gasteiger partial charge is 0.345 e. The second kappa shape index (κ2) is 4.00. The van der Waals surface area contributed by atoms with E-state index in [1.54, 1.807) is 0 Å². The molecule has 5 nitrogen and oxygen atoms in total. The van der Waals surface area contributed by atoms with E-state index in [4.69, 9.17) is 0 Å². The van der Waals surface area contributed by atoms with E-state index < -0.39 is 5.82 Å². The van der Waals surface area contributed by atoms with Crippen molar-refractivity contribution in [3.63, 3.8) is 0 Å². The number of nitrogens with zero attached hydrogens (tertiary/aromatic N) is 3. The van der Waals surface area contributed by atoms with Crippen molar-refractivity contribution in [1.82, 2.24) is 14.9 Å². The number of carbonyl (C=O) groups excluding carboxylic acids is 1. The highest BCUT2D eigenvalue weighted by Crippen LogP contribution is 2.47. The van der Waals surface area contributed by atoms with E-state index in [1.165, 1.54) is 12.1 Å². The highest BCUT2D eigenvalue weighted by Gasteiger charge is 2.48. The first-order chi connectivity index (χ1) is 11.0. The van der Waals surface area contributed by atoms with Crippen molar-refractivity contribution in [2.24, 2.45) is 12.1 Å². The van der Waals surface area contributed by atoms with Crippen LogP contribution in [0.2, 0.25) is 0 Å². The second-order valence-corrected chi connectivity index (χ2v) is 6.93. The first kappa shape index (κ1) is 13.2. The summed E-state index contributed by atoms with van der Waals surface area (Å²) in [5.74, 6) is -0.729. The number of fused-ring (bicyclic) bond motifs is 2. The minimum Gasteiger partial charge on any atom is -0.345 e. The highest BCUT2D eigenvalue weighted by molar-refractivity contribution is 6.21. The fourth-order valence-electron chi connectivity index (χ4n) is 4.69. The van der Waals surface area contributed by atoms with Gasteiger partial charge in [-0.3, -0.25) is 9.69 Å². The SMILES string of the molecule is Cn1c2c3c4c(cc(F)cc41)C(=O)NN=C3CN1CCCC21C. The lowest BCUT2D eigenvalue weighted by atomic mass is 9.85. The molecule has 0 spiro atoms. The van der Waals surface area contributed by atoms with Gasteiger partial charge < -0.3 is 4.57 Å². The standard InChI is InChI=1S/C17H17FN4O/c1-17-4-3-5-22(17)8-11-14-13-10(16(23)20-19-11)6-9(18)7-12(13)21(2)15(14)17/h6-7H,3-5,8H2,1-2H3,(H,20,23). The molecule has 3 aliphatic rings. The Balaban J connectivity index is 2.00. The summed E-state index contributed by atoms with van der Waals surface area (Å²) in [4.78, 5) is 14.8.